The second-order valence-corrected chi connectivity index (χ2v) is 9.73. The lowest BCUT2D eigenvalue weighted by molar-refractivity contribution is 0.0608. The van der Waals surface area contributed by atoms with Crippen LogP contribution in [0, 0.1) is 6.92 Å². The van der Waals surface area contributed by atoms with Gasteiger partial charge < -0.3 is 19.8 Å². The molecular formula is C28H37NO4. The van der Waals surface area contributed by atoms with E-state index in [2.05, 4.69) is 6.92 Å². The predicted molar refractivity (Wildman–Crippen MR) is 130 cm³/mol. The van der Waals surface area contributed by atoms with Gasteiger partial charge in [-0.2, -0.15) is 0 Å². The molecule has 33 heavy (non-hydrogen) atoms. The molecular weight excluding hydrogens is 414 g/mol. The van der Waals surface area contributed by atoms with Crippen molar-refractivity contribution in [3.63, 3.8) is 0 Å². The Morgan fingerprint density at radius 2 is 1.85 bits per heavy atom. The molecule has 0 spiro atoms. The zero-order valence-electron chi connectivity index (χ0n) is 20.0. The standard InChI is InChI=1S/C28H37NO4/c1-3-4-5-10-20-17-25(30)26(21-11-8-9-19(2)16-21)27(31)24(20)18-29(22-14-15-22)28(32)33-23-12-6-7-13-23/h8-9,11,16-17,22-23,30-31H,3-7,10,12-15,18H2,1-2H3. The van der Waals surface area contributed by atoms with Gasteiger partial charge in [0.25, 0.3) is 0 Å². The van der Waals surface area contributed by atoms with Crippen LogP contribution in [0.4, 0.5) is 4.79 Å². The third-order valence-electron chi connectivity index (χ3n) is 6.95. The van der Waals surface area contributed by atoms with Gasteiger partial charge in [-0.05, 0) is 75.5 Å². The first-order valence-electron chi connectivity index (χ1n) is 12.6. The summed E-state index contributed by atoms with van der Waals surface area (Å²) in [6, 6.07) is 9.73. The Morgan fingerprint density at radius 1 is 1.09 bits per heavy atom. The van der Waals surface area contributed by atoms with Crippen LogP contribution in [0.3, 0.4) is 0 Å². The zero-order chi connectivity index (χ0) is 23.4. The summed E-state index contributed by atoms with van der Waals surface area (Å²) in [7, 11) is 0. The highest BCUT2D eigenvalue weighted by atomic mass is 16.6. The summed E-state index contributed by atoms with van der Waals surface area (Å²) in [5.41, 5.74) is 3.91. The molecule has 5 nitrogen and oxygen atoms in total. The normalized spacial score (nSPS) is 16.2. The van der Waals surface area contributed by atoms with E-state index >= 15 is 0 Å². The number of rotatable bonds is 9. The fourth-order valence-corrected chi connectivity index (χ4v) is 4.91. The number of hydrogen-bond donors (Lipinski definition) is 2. The van der Waals surface area contributed by atoms with Crippen LogP contribution >= 0.6 is 0 Å². The minimum absolute atomic E-state index is 0.0130. The molecule has 2 fully saturated rings. The maximum atomic E-state index is 13.1. The van der Waals surface area contributed by atoms with Gasteiger partial charge in [-0.3, -0.25) is 0 Å². The van der Waals surface area contributed by atoms with Gasteiger partial charge in [0.2, 0.25) is 0 Å². The summed E-state index contributed by atoms with van der Waals surface area (Å²) in [5.74, 6) is 0.159. The van der Waals surface area contributed by atoms with Crippen molar-refractivity contribution in [2.24, 2.45) is 0 Å². The molecule has 2 N–H and O–H groups in total. The lowest BCUT2D eigenvalue weighted by Crippen LogP contribution is -2.35. The first-order chi connectivity index (χ1) is 16.0. The Bertz CT molecular complexity index is 976. The summed E-state index contributed by atoms with van der Waals surface area (Å²) in [4.78, 5) is 14.9. The number of phenols is 2. The molecule has 2 aromatic carbocycles. The van der Waals surface area contributed by atoms with E-state index in [-0.39, 0.29) is 29.7 Å². The Labute approximate surface area is 197 Å². The Hall–Kier alpha value is -2.69. The van der Waals surface area contributed by atoms with Crippen molar-refractivity contribution in [1.82, 2.24) is 4.90 Å². The van der Waals surface area contributed by atoms with Crippen LogP contribution in [0.1, 0.15) is 81.4 Å². The van der Waals surface area contributed by atoms with E-state index < -0.39 is 0 Å². The molecule has 1 amide bonds. The second-order valence-electron chi connectivity index (χ2n) is 9.73. The van der Waals surface area contributed by atoms with E-state index in [0.717, 1.165) is 86.5 Å². The number of benzene rings is 2. The van der Waals surface area contributed by atoms with E-state index in [1.165, 1.54) is 0 Å². The van der Waals surface area contributed by atoms with E-state index in [1.54, 1.807) is 11.0 Å². The highest BCUT2D eigenvalue weighted by Gasteiger charge is 2.36. The van der Waals surface area contributed by atoms with Crippen molar-refractivity contribution < 1.29 is 19.7 Å². The van der Waals surface area contributed by atoms with Crippen molar-refractivity contribution in [3.8, 4) is 22.6 Å². The SMILES string of the molecule is CCCCCc1cc(O)c(-c2cccc(C)c2)c(O)c1CN(C(=O)OC1CCCC1)C1CC1. The van der Waals surface area contributed by atoms with Gasteiger partial charge >= 0.3 is 6.09 Å². The van der Waals surface area contributed by atoms with Crippen molar-refractivity contribution in [2.45, 2.75) is 96.7 Å². The number of ether oxygens (including phenoxy) is 1. The van der Waals surface area contributed by atoms with Crippen LogP contribution in [0.15, 0.2) is 30.3 Å². The van der Waals surface area contributed by atoms with Crippen LogP contribution in [-0.2, 0) is 17.7 Å². The zero-order valence-corrected chi connectivity index (χ0v) is 20.0. The quantitative estimate of drug-likeness (QED) is 0.409. The molecule has 2 aromatic rings. The summed E-state index contributed by atoms with van der Waals surface area (Å²) >= 11 is 0. The monoisotopic (exact) mass is 451 g/mol. The third kappa shape index (κ3) is 5.63. The molecule has 0 radical (unpaired) electrons. The van der Waals surface area contributed by atoms with Crippen molar-refractivity contribution in [1.29, 1.82) is 0 Å². The molecule has 0 unspecified atom stereocenters. The smallest absolute Gasteiger partial charge is 0.410 e. The van der Waals surface area contributed by atoms with Crippen molar-refractivity contribution in [2.75, 3.05) is 0 Å². The van der Waals surface area contributed by atoms with E-state index in [0.29, 0.717) is 12.1 Å². The predicted octanol–water partition coefficient (Wildman–Crippen LogP) is 6.85. The number of hydrogen-bond acceptors (Lipinski definition) is 4. The van der Waals surface area contributed by atoms with Crippen LogP contribution in [0.2, 0.25) is 0 Å². The highest BCUT2D eigenvalue weighted by Crippen LogP contribution is 2.43. The molecule has 2 aliphatic rings. The number of nitrogens with zero attached hydrogens (tertiary/aromatic N) is 1. The molecule has 4 rings (SSSR count). The molecule has 2 saturated carbocycles. The third-order valence-corrected chi connectivity index (χ3v) is 6.95. The molecule has 0 heterocycles. The second kappa shape index (κ2) is 10.5. The number of aromatic hydroxyl groups is 2. The van der Waals surface area contributed by atoms with Gasteiger partial charge in [0.15, 0.2) is 0 Å². The Balaban J connectivity index is 1.68. The fraction of sp³-hybridized carbons (Fsp3) is 0.536. The summed E-state index contributed by atoms with van der Waals surface area (Å²) in [6.45, 7) is 4.46. The molecule has 0 saturated heterocycles. The molecule has 2 aliphatic carbocycles. The molecule has 0 aliphatic heterocycles. The summed E-state index contributed by atoms with van der Waals surface area (Å²) in [5, 5.41) is 22.3. The van der Waals surface area contributed by atoms with E-state index in [9.17, 15) is 15.0 Å². The van der Waals surface area contributed by atoms with E-state index in [1.807, 2.05) is 31.2 Å². The highest BCUT2D eigenvalue weighted by molar-refractivity contribution is 5.79. The van der Waals surface area contributed by atoms with Gasteiger partial charge in [-0.1, -0.05) is 49.6 Å². The maximum absolute atomic E-state index is 13.1. The fourth-order valence-electron chi connectivity index (χ4n) is 4.91. The minimum Gasteiger partial charge on any atom is -0.507 e. The molecule has 0 bridgehead atoms. The van der Waals surface area contributed by atoms with E-state index in [4.69, 9.17) is 4.74 Å². The summed E-state index contributed by atoms with van der Waals surface area (Å²) < 4.78 is 5.84. The average Bonchev–Trinajstić information content (AvgIpc) is 3.49. The van der Waals surface area contributed by atoms with Gasteiger partial charge in [-0.15, -0.1) is 0 Å². The van der Waals surface area contributed by atoms with Gasteiger partial charge in [0.1, 0.15) is 17.6 Å². The van der Waals surface area contributed by atoms with Crippen LogP contribution in [-0.4, -0.2) is 33.4 Å². The number of phenolic OH excluding ortho intramolecular Hbond substituents is 2. The summed E-state index contributed by atoms with van der Waals surface area (Å²) in [6.07, 6.45) is 9.69. The topological polar surface area (TPSA) is 70.0 Å². The average molecular weight is 452 g/mol. The molecule has 0 atom stereocenters. The number of carbonyl (C=O) groups is 1. The Morgan fingerprint density at radius 3 is 2.52 bits per heavy atom. The maximum Gasteiger partial charge on any atom is 0.410 e. The van der Waals surface area contributed by atoms with Crippen molar-refractivity contribution in [3.05, 3.63) is 47.0 Å². The molecule has 178 valence electrons. The lowest BCUT2D eigenvalue weighted by atomic mass is 9.92. The van der Waals surface area contributed by atoms with Crippen LogP contribution < -0.4 is 0 Å². The number of aryl methyl sites for hydroxylation is 2. The number of carbonyl (C=O) groups excluding carboxylic acids is 1. The number of unbranched alkanes of at least 4 members (excludes halogenated alkanes) is 2. The lowest BCUT2D eigenvalue weighted by Gasteiger charge is -2.26. The minimum atomic E-state index is -0.270. The first kappa shape index (κ1) is 23.5. The molecule has 0 aromatic heterocycles. The van der Waals surface area contributed by atoms with Gasteiger partial charge in [0, 0.05) is 11.6 Å². The first-order valence-corrected chi connectivity index (χ1v) is 12.6. The Kier molecular flexibility index (Phi) is 7.46. The largest absolute Gasteiger partial charge is 0.507 e. The van der Waals surface area contributed by atoms with Gasteiger partial charge in [-0.25, -0.2) is 4.79 Å². The van der Waals surface area contributed by atoms with Crippen LogP contribution in [0.25, 0.3) is 11.1 Å². The number of amides is 1. The van der Waals surface area contributed by atoms with Gasteiger partial charge in [0.05, 0.1) is 12.1 Å². The van der Waals surface area contributed by atoms with Crippen LogP contribution in [0.5, 0.6) is 11.5 Å². The van der Waals surface area contributed by atoms with Crippen molar-refractivity contribution >= 4 is 6.09 Å². The molecule has 5 heteroatoms.